The Morgan fingerprint density at radius 1 is 0.844 bits per heavy atom. The van der Waals surface area contributed by atoms with E-state index < -0.39 is 5.97 Å². The normalized spacial score (nSPS) is 13.0. The standard InChI is InChI=1S/C28H30BrNO2/c1-3-26(21(2)28(31)32)27(18-22-14-16-25(29)17-15-22)30(19-23-10-6-4-7-11-23)20-24-12-8-5-9-13-24/h4-17,27H,3,18-20H2,1-2H3,(H,31,32). The van der Waals surface area contributed by atoms with Crippen LogP contribution in [0.25, 0.3) is 0 Å². The summed E-state index contributed by atoms with van der Waals surface area (Å²) in [4.78, 5) is 14.4. The lowest BCUT2D eigenvalue weighted by Crippen LogP contribution is -2.38. The van der Waals surface area contributed by atoms with Crippen LogP contribution in [0.15, 0.2) is 101 Å². The monoisotopic (exact) mass is 491 g/mol. The van der Waals surface area contributed by atoms with Crippen LogP contribution in [0.3, 0.4) is 0 Å². The number of hydrogen-bond acceptors (Lipinski definition) is 2. The summed E-state index contributed by atoms with van der Waals surface area (Å²) in [5.41, 5.74) is 5.04. The van der Waals surface area contributed by atoms with Crippen molar-refractivity contribution in [2.45, 2.75) is 45.8 Å². The molecule has 1 unspecified atom stereocenters. The highest BCUT2D eigenvalue weighted by Gasteiger charge is 2.26. The molecule has 0 aliphatic carbocycles. The first-order valence-corrected chi connectivity index (χ1v) is 11.8. The molecule has 0 amide bonds. The van der Waals surface area contributed by atoms with E-state index in [1.165, 1.54) is 16.7 Å². The van der Waals surface area contributed by atoms with Gasteiger partial charge in [-0.25, -0.2) is 4.79 Å². The van der Waals surface area contributed by atoms with E-state index in [4.69, 9.17) is 0 Å². The fraction of sp³-hybridized carbons (Fsp3) is 0.250. The van der Waals surface area contributed by atoms with E-state index in [1.54, 1.807) is 6.92 Å². The summed E-state index contributed by atoms with van der Waals surface area (Å²) in [7, 11) is 0. The van der Waals surface area contributed by atoms with E-state index in [0.717, 1.165) is 29.6 Å². The topological polar surface area (TPSA) is 40.5 Å². The number of carboxylic acid groups (broad SMARTS) is 1. The fourth-order valence-electron chi connectivity index (χ4n) is 4.12. The second-order valence-electron chi connectivity index (χ2n) is 8.03. The van der Waals surface area contributed by atoms with E-state index >= 15 is 0 Å². The minimum Gasteiger partial charge on any atom is -0.478 e. The maximum atomic E-state index is 12.0. The van der Waals surface area contributed by atoms with Crippen molar-refractivity contribution in [3.63, 3.8) is 0 Å². The van der Waals surface area contributed by atoms with E-state index in [2.05, 4.69) is 88.4 Å². The molecule has 0 spiro atoms. The van der Waals surface area contributed by atoms with Crippen LogP contribution in [0.5, 0.6) is 0 Å². The molecule has 0 saturated heterocycles. The first kappa shape index (κ1) is 24.0. The van der Waals surface area contributed by atoms with E-state index in [1.807, 2.05) is 24.3 Å². The summed E-state index contributed by atoms with van der Waals surface area (Å²) in [6, 6.07) is 29.1. The molecule has 0 saturated carbocycles. The zero-order valence-electron chi connectivity index (χ0n) is 18.7. The molecule has 0 aliphatic heterocycles. The Morgan fingerprint density at radius 3 is 1.78 bits per heavy atom. The van der Waals surface area contributed by atoms with Crippen LogP contribution in [-0.2, 0) is 24.3 Å². The van der Waals surface area contributed by atoms with Gasteiger partial charge in [0.25, 0.3) is 0 Å². The SMILES string of the molecule is CCC(=C(C)C(=O)O)C(Cc1ccc(Br)cc1)N(Cc1ccccc1)Cc1ccccc1. The summed E-state index contributed by atoms with van der Waals surface area (Å²) < 4.78 is 1.04. The molecule has 1 N–H and O–H groups in total. The van der Waals surface area contributed by atoms with Crippen LogP contribution in [0, 0.1) is 0 Å². The van der Waals surface area contributed by atoms with Gasteiger partial charge in [0.05, 0.1) is 0 Å². The van der Waals surface area contributed by atoms with Gasteiger partial charge in [0, 0.05) is 29.2 Å². The second kappa shape index (κ2) is 11.8. The molecule has 0 bridgehead atoms. The van der Waals surface area contributed by atoms with Crippen LogP contribution >= 0.6 is 15.9 Å². The molecule has 3 aromatic rings. The predicted molar refractivity (Wildman–Crippen MR) is 134 cm³/mol. The number of aliphatic carboxylic acids is 1. The number of carbonyl (C=O) groups is 1. The van der Waals surface area contributed by atoms with Gasteiger partial charge in [-0.15, -0.1) is 0 Å². The summed E-state index contributed by atoms with van der Waals surface area (Å²) in [6.07, 6.45) is 1.44. The highest BCUT2D eigenvalue weighted by molar-refractivity contribution is 9.10. The average Bonchev–Trinajstić information content (AvgIpc) is 2.81. The molecular weight excluding hydrogens is 462 g/mol. The molecule has 0 fully saturated rings. The number of hydrogen-bond donors (Lipinski definition) is 1. The number of carboxylic acids is 1. The zero-order valence-corrected chi connectivity index (χ0v) is 20.3. The lowest BCUT2D eigenvalue weighted by atomic mass is 9.91. The molecule has 0 heterocycles. The lowest BCUT2D eigenvalue weighted by molar-refractivity contribution is -0.132. The largest absolute Gasteiger partial charge is 0.478 e. The Kier molecular flexibility index (Phi) is 8.83. The quantitative estimate of drug-likeness (QED) is 0.314. The Bertz CT molecular complexity index is 989. The average molecular weight is 492 g/mol. The first-order valence-electron chi connectivity index (χ1n) is 11.0. The predicted octanol–water partition coefficient (Wildman–Crippen LogP) is 6.87. The first-order chi connectivity index (χ1) is 15.5. The van der Waals surface area contributed by atoms with Crippen LogP contribution in [-0.4, -0.2) is 22.0 Å². The van der Waals surface area contributed by atoms with Gasteiger partial charge in [0.2, 0.25) is 0 Å². The maximum Gasteiger partial charge on any atom is 0.331 e. The third-order valence-corrected chi connectivity index (χ3v) is 6.35. The summed E-state index contributed by atoms with van der Waals surface area (Å²) in [5.74, 6) is -0.845. The maximum absolute atomic E-state index is 12.0. The van der Waals surface area contributed by atoms with Crippen molar-refractivity contribution in [1.29, 1.82) is 0 Å². The van der Waals surface area contributed by atoms with Crippen molar-refractivity contribution in [1.82, 2.24) is 4.90 Å². The Labute approximate surface area is 199 Å². The van der Waals surface area contributed by atoms with Gasteiger partial charge in [-0.2, -0.15) is 0 Å². The summed E-state index contributed by atoms with van der Waals surface area (Å²) in [6.45, 7) is 5.28. The second-order valence-corrected chi connectivity index (χ2v) is 8.95. The minimum atomic E-state index is -0.845. The summed E-state index contributed by atoms with van der Waals surface area (Å²) >= 11 is 3.52. The van der Waals surface area contributed by atoms with Gasteiger partial charge in [0.15, 0.2) is 0 Å². The molecule has 3 aromatic carbocycles. The van der Waals surface area contributed by atoms with Gasteiger partial charge in [-0.1, -0.05) is 95.7 Å². The molecule has 166 valence electrons. The number of rotatable bonds is 10. The van der Waals surface area contributed by atoms with Crippen molar-refractivity contribution in [3.8, 4) is 0 Å². The van der Waals surface area contributed by atoms with Gasteiger partial charge in [0.1, 0.15) is 0 Å². The van der Waals surface area contributed by atoms with Crippen molar-refractivity contribution in [2.24, 2.45) is 0 Å². The van der Waals surface area contributed by atoms with Crippen molar-refractivity contribution in [3.05, 3.63) is 117 Å². The van der Waals surface area contributed by atoms with E-state index in [0.29, 0.717) is 12.0 Å². The molecule has 0 radical (unpaired) electrons. The highest BCUT2D eigenvalue weighted by Crippen LogP contribution is 2.27. The van der Waals surface area contributed by atoms with E-state index in [-0.39, 0.29) is 6.04 Å². The smallest absolute Gasteiger partial charge is 0.331 e. The Hall–Kier alpha value is -2.69. The van der Waals surface area contributed by atoms with Gasteiger partial charge < -0.3 is 5.11 Å². The molecule has 3 rings (SSSR count). The molecule has 0 aliphatic rings. The molecule has 3 nitrogen and oxygen atoms in total. The molecule has 1 atom stereocenters. The Morgan fingerprint density at radius 2 is 1.34 bits per heavy atom. The number of halogens is 1. The van der Waals surface area contributed by atoms with Crippen LogP contribution in [0.1, 0.15) is 37.0 Å². The van der Waals surface area contributed by atoms with Crippen molar-refractivity contribution >= 4 is 21.9 Å². The molecule has 4 heteroatoms. The van der Waals surface area contributed by atoms with Gasteiger partial charge in [-0.3, -0.25) is 4.90 Å². The fourth-order valence-corrected chi connectivity index (χ4v) is 4.38. The molecule has 32 heavy (non-hydrogen) atoms. The molecule has 0 aromatic heterocycles. The lowest BCUT2D eigenvalue weighted by Gasteiger charge is -2.34. The van der Waals surface area contributed by atoms with Crippen LogP contribution in [0.4, 0.5) is 0 Å². The van der Waals surface area contributed by atoms with Gasteiger partial charge in [-0.05, 0) is 54.2 Å². The van der Waals surface area contributed by atoms with Crippen LogP contribution in [0.2, 0.25) is 0 Å². The molecular formula is C28H30BrNO2. The minimum absolute atomic E-state index is 0.0299. The third kappa shape index (κ3) is 6.65. The third-order valence-electron chi connectivity index (χ3n) is 5.83. The number of nitrogens with zero attached hydrogens (tertiary/aromatic N) is 1. The zero-order chi connectivity index (χ0) is 22.9. The van der Waals surface area contributed by atoms with E-state index in [9.17, 15) is 9.90 Å². The number of benzene rings is 3. The van der Waals surface area contributed by atoms with Gasteiger partial charge >= 0.3 is 5.97 Å². The Balaban J connectivity index is 2.06. The van der Waals surface area contributed by atoms with Crippen molar-refractivity contribution in [2.75, 3.05) is 0 Å². The highest BCUT2D eigenvalue weighted by atomic mass is 79.9. The summed E-state index contributed by atoms with van der Waals surface area (Å²) in [5, 5.41) is 9.81. The van der Waals surface area contributed by atoms with Crippen LogP contribution < -0.4 is 0 Å². The van der Waals surface area contributed by atoms with Crippen molar-refractivity contribution < 1.29 is 9.90 Å².